The van der Waals surface area contributed by atoms with E-state index >= 15 is 0 Å². The zero-order valence-electron chi connectivity index (χ0n) is 17.5. The zero-order valence-corrected chi connectivity index (χ0v) is 18.3. The summed E-state index contributed by atoms with van der Waals surface area (Å²) < 4.78 is 11.4. The summed E-state index contributed by atoms with van der Waals surface area (Å²) >= 11 is 0. The van der Waals surface area contributed by atoms with Gasteiger partial charge >= 0.3 is 5.97 Å². The van der Waals surface area contributed by atoms with Crippen LogP contribution in [0.2, 0.25) is 0 Å². The first-order valence-corrected chi connectivity index (χ1v) is 11.0. The Balaban J connectivity index is 1.66. The molecular weight excluding hydrogens is 392 g/mol. The second-order valence-corrected chi connectivity index (χ2v) is 8.86. The Morgan fingerprint density at radius 2 is 1.73 bits per heavy atom. The van der Waals surface area contributed by atoms with Gasteiger partial charge in [0.1, 0.15) is 16.5 Å². The maximum atomic E-state index is 12.4. The van der Waals surface area contributed by atoms with E-state index in [1.54, 1.807) is 6.92 Å². The summed E-state index contributed by atoms with van der Waals surface area (Å²) in [6.07, 6.45) is 1.52. The normalized spacial score (nSPS) is 12.2. The Kier molecular flexibility index (Phi) is 6.76. The summed E-state index contributed by atoms with van der Waals surface area (Å²) in [5, 5.41) is 4.36. The van der Waals surface area contributed by atoms with E-state index in [4.69, 9.17) is 9.47 Å². The standard InChI is InChI=1S/C26H25O3S/c1-5-26(4,14-13-22-11-7-6-8-12-22)29-24(27)19-28-25-20(2)17-23(18-21(25)3)30-15-9-10-16-30/h5-12,15-18H,1,19H2,2-4H3/q+1. The van der Waals surface area contributed by atoms with Gasteiger partial charge in [-0.2, -0.15) is 0 Å². The Morgan fingerprint density at radius 3 is 2.33 bits per heavy atom. The van der Waals surface area contributed by atoms with E-state index in [9.17, 15) is 4.79 Å². The molecule has 0 bridgehead atoms. The highest BCUT2D eigenvalue weighted by Crippen LogP contribution is 2.35. The number of rotatable bonds is 6. The molecule has 1 atom stereocenters. The number of hydrogen-bond acceptors (Lipinski definition) is 3. The van der Waals surface area contributed by atoms with Crippen molar-refractivity contribution in [1.29, 1.82) is 0 Å². The molecule has 3 aromatic rings. The molecule has 0 saturated carbocycles. The zero-order chi connectivity index (χ0) is 21.6. The molecule has 0 N–H and O–H groups in total. The van der Waals surface area contributed by atoms with Crippen molar-refractivity contribution in [3.63, 3.8) is 0 Å². The largest absolute Gasteiger partial charge is 0.481 e. The molecule has 0 radical (unpaired) electrons. The van der Waals surface area contributed by atoms with Gasteiger partial charge in [0.25, 0.3) is 0 Å². The average molecular weight is 418 g/mol. The predicted molar refractivity (Wildman–Crippen MR) is 123 cm³/mol. The van der Waals surface area contributed by atoms with Crippen LogP contribution in [0.5, 0.6) is 5.75 Å². The third kappa shape index (κ3) is 5.40. The molecule has 2 aromatic carbocycles. The van der Waals surface area contributed by atoms with Gasteiger partial charge in [0.15, 0.2) is 17.1 Å². The third-order valence-corrected chi connectivity index (χ3v) is 6.23. The van der Waals surface area contributed by atoms with Gasteiger partial charge in [0.2, 0.25) is 0 Å². The third-order valence-electron chi connectivity index (χ3n) is 4.55. The number of carbonyl (C=O) groups excluding carboxylic acids is 1. The number of esters is 1. The molecule has 3 rings (SSSR count). The smallest absolute Gasteiger partial charge is 0.345 e. The Labute approximate surface area is 181 Å². The monoisotopic (exact) mass is 417 g/mol. The summed E-state index contributed by atoms with van der Waals surface area (Å²) in [5.74, 6) is 6.21. The lowest BCUT2D eigenvalue weighted by Crippen LogP contribution is -2.30. The second-order valence-electron chi connectivity index (χ2n) is 7.10. The molecular formula is C26H25O3S+. The number of carbonyl (C=O) groups is 1. The summed E-state index contributed by atoms with van der Waals surface area (Å²) in [5.41, 5.74) is 1.74. The molecule has 0 saturated heterocycles. The Morgan fingerprint density at radius 1 is 1.10 bits per heavy atom. The highest BCUT2D eigenvalue weighted by atomic mass is 32.2. The van der Waals surface area contributed by atoms with Gasteiger partial charge in [-0.3, -0.25) is 0 Å². The van der Waals surface area contributed by atoms with Gasteiger partial charge in [-0.1, -0.05) is 30.7 Å². The molecule has 0 amide bonds. The van der Waals surface area contributed by atoms with E-state index in [0.717, 1.165) is 16.7 Å². The minimum atomic E-state index is -1.09. The van der Waals surface area contributed by atoms with Crippen LogP contribution in [0.4, 0.5) is 0 Å². The van der Waals surface area contributed by atoms with Gasteiger partial charge in [-0.25, -0.2) is 4.79 Å². The van der Waals surface area contributed by atoms with Crippen LogP contribution >= 0.6 is 10.5 Å². The molecule has 1 heterocycles. The fourth-order valence-electron chi connectivity index (χ4n) is 2.97. The van der Waals surface area contributed by atoms with Gasteiger partial charge in [-0.05, 0) is 68.2 Å². The van der Waals surface area contributed by atoms with Gasteiger partial charge < -0.3 is 9.47 Å². The van der Waals surface area contributed by atoms with E-state index in [-0.39, 0.29) is 17.1 Å². The Bertz CT molecular complexity index is 1070. The van der Waals surface area contributed by atoms with Crippen molar-refractivity contribution in [1.82, 2.24) is 0 Å². The lowest BCUT2D eigenvalue weighted by molar-refractivity contribution is -0.152. The summed E-state index contributed by atoms with van der Waals surface area (Å²) in [7, 11) is 0.000220. The van der Waals surface area contributed by atoms with Gasteiger partial charge in [-0.15, -0.1) is 0 Å². The number of hydrogen-bond donors (Lipinski definition) is 0. The van der Waals surface area contributed by atoms with E-state index in [1.807, 2.05) is 44.2 Å². The maximum absolute atomic E-state index is 12.4. The van der Waals surface area contributed by atoms with Crippen molar-refractivity contribution in [3.05, 3.63) is 94.7 Å². The van der Waals surface area contributed by atoms with E-state index in [1.165, 1.54) is 11.0 Å². The number of ether oxygens (including phenoxy) is 2. The predicted octanol–water partition coefficient (Wildman–Crippen LogP) is 5.96. The summed E-state index contributed by atoms with van der Waals surface area (Å²) in [6.45, 7) is 9.26. The fraction of sp³-hybridized carbons (Fsp3) is 0.192. The van der Waals surface area contributed by atoms with E-state index in [2.05, 4.69) is 53.4 Å². The molecule has 1 unspecified atom stereocenters. The minimum Gasteiger partial charge on any atom is -0.481 e. The molecule has 0 aliphatic rings. The van der Waals surface area contributed by atoms with Crippen molar-refractivity contribution in [2.45, 2.75) is 26.4 Å². The van der Waals surface area contributed by atoms with Crippen LogP contribution in [-0.4, -0.2) is 18.2 Å². The van der Waals surface area contributed by atoms with Gasteiger partial charge in [0.05, 0.1) is 0 Å². The highest BCUT2D eigenvalue weighted by Gasteiger charge is 2.23. The van der Waals surface area contributed by atoms with E-state index < -0.39 is 11.6 Å². The SMILES string of the molecule is C=CC(C)(C#Cc1ccccc1)OC(=O)COc1c(C)cc(-[s+]2cccc2)cc1C. The van der Waals surface area contributed by atoms with Crippen LogP contribution in [0.1, 0.15) is 23.6 Å². The molecule has 0 spiro atoms. The van der Waals surface area contributed by atoms with Crippen molar-refractivity contribution < 1.29 is 14.3 Å². The fourth-order valence-corrected chi connectivity index (χ4v) is 4.52. The maximum Gasteiger partial charge on any atom is 0.345 e. The first-order valence-electron chi connectivity index (χ1n) is 9.65. The quantitative estimate of drug-likeness (QED) is 0.215. The van der Waals surface area contributed by atoms with Crippen molar-refractivity contribution in [2.75, 3.05) is 6.61 Å². The second kappa shape index (κ2) is 9.47. The van der Waals surface area contributed by atoms with Crippen LogP contribution < -0.4 is 4.74 Å². The van der Waals surface area contributed by atoms with Crippen LogP contribution in [-0.2, 0) is 9.53 Å². The van der Waals surface area contributed by atoms with E-state index in [0.29, 0.717) is 5.75 Å². The van der Waals surface area contributed by atoms with Gasteiger partial charge in [0, 0.05) is 28.2 Å². The number of benzene rings is 2. The van der Waals surface area contributed by atoms with Crippen LogP contribution in [0, 0.1) is 25.7 Å². The highest BCUT2D eigenvalue weighted by molar-refractivity contribution is 7.36. The molecule has 0 fully saturated rings. The first kappa shape index (κ1) is 21.4. The molecule has 0 aliphatic carbocycles. The number of aryl methyl sites for hydroxylation is 2. The molecule has 3 nitrogen and oxygen atoms in total. The lowest BCUT2D eigenvalue weighted by Gasteiger charge is -2.20. The van der Waals surface area contributed by atoms with Crippen LogP contribution in [0.25, 0.3) is 4.90 Å². The van der Waals surface area contributed by atoms with Crippen LogP contribution in [0.3, 0.4) is 0 Å². The summed E-state index contributed by atoms with van der Waals surface area (Å²) in [6, 6.07) is 17.9. The first-order chi connectivity index (χ1) is 14.4. The average Bonchev–Trinajstić information content (AvgIpc) is 3.27. The molecule has 30 heavy (non-hydrogen) atoms. The van der Waals surface area contributed by atoms with Crippen molar-refractivity contribution >= 4 is 16.4 Å². The van der Waals surface area contributed by atoms with Crippen molar-refractivity contribution in [3.8, 4) is 22.5 Å². The molecule has 4 heteroatoms. The topological polar surface area (TPSA) is 35.5 Å². The van der Waals surface area contributed by atoms with Crippen molar-refractivity contribution in [2.24, 2.45) is 0 Å². The lowest BCUT2D eigenvalue weighted by atomic mass is 10.1. The Hall–Kier alpha value is -3.29. The van der Waals surface area contributed by atoms with Crippen LogP contribution in [0.15, 0.2) is 78.0 Å². The molecule has 0 aliphatic heterocycles. The molecule has 152 valence electrons. The summed E-state index contributed by atoms with van der Waals surface area (Å²) in [4.78, 5) is 13.7. The molecule has 1 aromatic heterocycles. The number of thiophene rings is 1. The minimum absolute atomic E-state index is 0.000220.